The molecule has 0 atom stereocenters. The van der Waals surface area contributed by atoms with Gasteiger partial charge >= 0.3 is 5.63 Å². The maximum absolute atomic E-state index is 10.6. The van der Waals surface area contributed by atoms with Gasteiger partial charge in [0.25, 0.3) is 0 Å². The number of rotatable bonds is 0. The van der Waals surface area contributed by atoms with Gasteiger partial charge < -0.3 is 4.42 Å². The Hall–Kier alpha value is -1.19. The van der Waals surface area contributed by atoms with Gasteiger partial charge in [-0.1, -0.05) is 7.43 Å². The molecule has 58 valence electrons. The topological polar surface area (TPSA) is 56.0 Å². The third-order valence-electron chi connectivity index (χ3n) is 0.877. The Morgan fingerprint density at radius 2 is 2.00 bits per heavy atom. The molecule has 0 N–H and O–H groups in total. The van der Waals surface area contributed by atoms with Crippen LogP contribution in [0.1, 0.15) is 20.4 Å². The van der Waals surface area contributed by atoms with Crippen molar-refractivity contribution in [3.05, 3.63) is 22.0 Å². The lowest BCUT2D eigenvalue weighted by molar-refractivity contribution is 0.432. The van der Waals surface area contributed by atoms with Crippen molar-refractivity contribution in [2.45, 2.75) is 21.3 Å². The van der Waals surface area contributed by atoms with Crippen LogP contribution in [0.4, 0.5) is 0 Å². The van der Waals surface area contributed by atoms with Crippen molar-refractivity contribution in [3.8, 4) is 0 Å². The summed E-state index contributed by atoms with van der Waals surface area (Å²) in [4.78, 5) is 10.6. The zero-order valence-electron chi connectivity index (χ0n) is 5.21. The minimum absolute atomic E-state index is 0. The van der Waals surface area contributed by atoms with E-state index in [0.717, 1.165) is 0 Å². The minimum Gasteiger partial charge on any atom is -0.406 e. The predicted molar refractivity (Wildman–Crippen MR) is 38.9 cm³/mol. The van der Waals surface area contributed by atoms with Crippen LogP contribution in [-0.4, -0.2) is 10.2 Å². The molecular weight excluding hydrogens is 132 g/mol. The molecule has 4 nitrogen and oxygen atoms in total. The highest BCUT2D eigenvalue weighted by molar-refractivity contribution is 4.85. The SMILES string of the molecule is C.Cc1nnc(C)c(=O)o1.[2HH]. The molecule has 0 aliphatic rings. The second-order valence-corrected chi connectivity index (χ2v) is 1.69. The molecule has 0 radical (unpaired) electrons. The average molecular weight is 145 g/mol. The van der Waals surface area contributed by atoms with Crippen molar-refractivity contribution in [1.29, 1.82) is 0 Å². The molecule has 0 bridgehead atoms. The van der Waals surface area contributed by atoms with E-state index in [4.69, 9.17) is 0 Å². The number of aromatic nitrogens is 2. The molecule has 4 heteroatoms. The molecule has 0 spiro atoms. The van der Waals surface area contributed by atoms with E-state index in [1.807, 2.05) is 0 Å². The second kappa shape index (κ2) is 3.10. The maximum atomic E-state index is 10.6. The molecule has 0 fully saturated rings. The largest absolute Gasteiger partial charge is 0.406 e. The lowest BCUT2D eigenvalue weighted by atomic mass is 10.6. The molecule has 0 unspecified atom stereocenters. The first-order valence-corrected chi connectivity index (χ1v) is 2.51. The van der Waals surface area contributed by atoms with Crippen molar-refractivity contribution >= 4 is 0 Å². The summed E-state index contributed by atoms with van der Waals surface area (Å²) in [6.45, 7) is 3.13. The third kappa shape index (κ3) is 1.65. The molecule has 1 rings (SSSR count). The lowest BCUT2D eigenvalue weighted by Crippen LogP contribution is -2.08. The van der Waals surface area contributed by atoms with E-state index in [0.29, 0.717) is 11.6 Å². The Kier molecular flexibility index (Phi) is 2.73. The molecule has 10 heavy (non-hydrogen) atoms. The van der Waals surface area contributed by atoms with Gasteiger partial charge in [-0.05, 0) is 6.92 Å². The average Bonchev–Trinajstić information content (AvgIpc) is 1.80. The van der Waals surface area contributed by atoms with E-state index in [1.165, 1.54) is 0 Å². The van der Waals surface area contributed by atoms with E-state index in [9.17, 15) is 4.79 Å². The monoisotopic (exact) mass is 145 g/mol. The minimum atomic E-state index is -0.414. The Balaban J connectivity index is 0. The van der Waals surface area contributed by atoms with Gasteiger partial charge in [-0.3, -0.25) is 0 Å². The smallest absolute Gasteiger partial charge is 0.360 e. The van der Waals surface area contributed by atoms with Gasteiger partial charge in [0.05, 0.1) is 0 Å². The summed E-state index contributed by atoms with van der Waals surface area (Å²) in [5, 5.41) is 7.04. The summed E-state index contributed by atoms with van der Waals surface area (Å²) in [6.07, 6.45) is 0. The summed E-state index contributed by atoms with van der Waals surface area (Å²) < 4.78 is 4.58. The predicted octanol–water partition coefficient (Wildman–Crippen LogP) is 0.929. The van der Waals surface area contributed by atoms with Crippen LogP contribution in [0.5, 0.6) is 0 Å². The van der Waals surface area contributed by atoms with E-state index >= 15 is 0 Å². The first-order chi connectivity index (χ1) is 4.20. The van der Waals surface area contributed by atoms with Gasteiger partial charge in [0.1, 0.15) is 5.69 Å². The number of aryl methyl sites for hydroxylation is 2. The van der Waals surface area contributed by atoms with E-state index < -0.39 is 5.63 Å². The van der Waals surface area contributed by atoms with Crippen molar-refractivity contribution < 1.29 is 5.84 Å². The van der Waals surface area contributed by atoms with E-state index in [1.54, 1.807) is 13.8 Å². The summed E-state index contributed by atoms with van der Waals surface area (Å²) in [7, 11) is 0. The van der Waals surface area contributed by atoms with Crippen LogP contribution in [0.25, 0.3) is 0 Å². The van der Waals surface area contributed by atoms with Crippen molar-refractivity contribution in [2.75, 3.05) is 0 Å². The normalized spacial score (nSPS) is 8.60. The van der Waals surface area contributed by atoms with Crippen molar-refractivity contribution in [1.82, 2.24) is 10.2 Å². The first kappa shape index (κ1) is 8.81. The van der Waals surface area contributed by atoms with Crippen LogP contribution in [0, 0.1) is 13.8 Å². The Labute approximate surface area is 60.4 Å². The Morgan fingerprint density at radius 1 is 1.40 bits per heavy atom. The van der Waals surface area contributed by atoms with Crippen LogP contribution in [0.15, 0.2) is 9.21 Å². The summed E-state index contributed by atoms with van der Waals surface area (Å²) in [6, 6.07) is 0. The molecule has 0 saturated heterocycles. The fourth-order valence-electron chi connectivity index (χ4n) is 0.415. The standard InChI is InChI=1S/C5H6N2O2.CH4.H2/c1-3-5(8)9-4(2)7-6-3;;/h1-2H3;1H4;1H/i;;1+1. The maximum Gasteiger partial charge on any atom is 0.360 e. The van der Waals surface area contributed by atoms with Crippen LogP contribution in [-0.2, 0) is 0 Å². The number of nitrogens with zero attached hydrogens (tertiary/aromatic N) is 2. The van der Waals surface area contributed by atoms with Crippen LogP contribution >= 0.6 is 0 Å². The zero-order valence-corrected chi connectivity index (χ0v) is 5.21. The van der Waals surface area contributed by atoms with Crippen molar-refractivity contribution in [2.24, 2.45) is 0 Å². The van der Waals surface area contributed by atoms with Crippen molar-refractivity contribution in [3.63, 3.8) is 0 Å². The Bertz CT molecular complexity index is 272. The van der Waals surface area contributed by atoms with Crippen LogP contribution in [0.2, 0.25) is 0 Å². The van der Waals surface area contributed by atoms with E-state index in [-0.39, 0.29) is 8.85 Å². The second-order valence-electron chi connectivity index (χ2n) is 1.69. The van der Waals surface area contributed by atoms with Gasteiger partial charge in [-0.2, -0.15) is 0 Å². The van der Waals surface area contributed by atoms with Gasteiger partial charge in [-0.25, -0.2) is 4.79 Å². The Morgan fingerprint density at radius 3 is 2.40 bits per heavy atom. The number of hydrogen-bond donors (Lipinski definition) is 0. The van der Waals surface area contributed by atoms with Gasteiger partial charge in [-0.15, -0.1) is 10.2 Å². The van der Waals surface area contributed by atoms with Gasteiger partial charge in [0.2, 0.25) is 5.89 Å². The zero-order chi connectivity index (χ0) is 6.85. The molecule has 0 aromatic carbocycles. The highest BCUT2D eigenvalue weighted by atomic mass is 16.4. The molecule has 0 saturated carbocycles. The molecule has 0 aliphatic heterocycles. The van der Waals surface area contributed by atoms with E-state index in [2.05, 4.69) is 14.6 Å². The number of hydrogen-bond acceptors (Lipinski definition) is 4. The fraction of sp³-hybridized carbons (Fsp3) is 0.500. The quantitative estimate of drug-likeness (QED) is 0.545. The van der Waals surface area contributed by atoms with Gasteiger partial charge in [0.15, 0.2) is 0 Å². The highest BCUT2D eigenvalue weighted by Crippen LogP contribution is 1.82. The molecular formula is C6H12N2O2. The first-order valence-electron chi connectivity index (χ1n) is 2.51. The molecule has 1 aromatic rings. The molecule has 1 aromatic heterocycles. The fourth-order valence-corrected chi connectivity index (χ4v) is 0.415. The summed E-state index contributed by atoms with van der Waals surface area (Å²) in [5.74, 6) is 0.297. The van der Waals surface area contributed by atoms with Gasteiger partial charge in [0, 0.05) is 8.35 Å². The van der Waals surface area contributed by atoms with Crippen LogP contribution < -0.4 is 5.63 Å². The molecule has 0 amide bonds. The lowest BCUT2D eigenvalue weighted by Gasteiger charge is -1.86. The molecule has 0 aliphatic carbocycles. The highest BCUT2D eigenvalue weighted by Gasteiger charge is 1.95. The summed E-state index contributed by atoms with van der Waals surface area (Å²) >= 11 is 0. The molecule has 1 heterocycles. The van der Waals surface area contributed by atoms with Crippen LogP contribution in [0.3, 0.4) is 0 Å². The third-order valence-corrected chi connectivity index (χ3v) is 0.877. The summed E-state index contributed by atoms with van der Waals surface area (Å²) in [5.41, 5.74) is -0.122.